The minimum Gasteiger partial charge on any atom is -0.485 e. The summed E-state index contributed by atoms with van der Waals surface area (Å²) in [6.07, 6.45) is 2.89. The number of benzene rings is 2. The van der Waals surface area contributed by atoms with E-state index in [1.807, 2.05) is 12.1 Å². The molecule has 0 saturated carbocycles. The van der Waals surface area contributed by atoms with Crippen LogP contribution in [0.25, 0.3) is 0 Å². The van der Waals surface area contributed by atoms with E-state index >= 15 is 0 Å². The number of unbranched alkanes of at least 4 members (excludes halogenated alkanes) is 1. The highest BCUT2D eigenvalue weighted by Crippen LogP contribution is 2.45. The largest absolute Gasteiger partial charge is 0.485 e. The molecule has 2 N–H and O–H groups in total. The number of sulfonamides is 1. The number of carbonyl (C=O) groups is 1. The van der Waals surface area contributed by atoms with Gasteiger partial charge in [-0.1, -0.05) is 53.0 Å². The summed E-state index contributed by atoms with van der Waals surface area (Å²) in [4.78, 5) is 15.4. The van der Waals surface area contributed by atoms with Gasteiger partial charge in [0.05, 0.1) is 17.4 Å². The summed E-state index contributed by atoms with van der Waals surface area (Å²) in [6.45, 7) is 15.6. The van der Waals surface area contributed by atoms with Gasteiger partial charge < -0.3 is 20.1 Å². The second-order valence-corrected chi connectivity index (χ2v) is 15.1. The molecule has 10 heteroatoms. The first kappa shape index (κ1) is 35.7. The Morgan fingerprint density at radius 1 is 1.07 bits per heavy atom. The number of aliphatic hydroxyl groups is 1. The Hall–Kier alpha value is -1.73. The van der Waals surface area contributed by atoms with Crippen molar-refractivity contribution in [2.45, 2.75) is 96.3 Å². The monoisotopic (exact) mass is 727 g/mol. The van der Waals surface area contributed by atoms with Crippen molar-refractivity contribution in [3.63, 3.8) is 0 Å². The first-order valence-corrected chi connectivity index (χ1v) is 18.2. The molecule has 2 aromatic rings. The number of amides is 1. The van der Waals surface area contributed by atoms with Gasteiger partial charge in [0.15, 0.2) is 0 Å². The van der Waals surface area contributed by atoms with Crippen molar-refractivity contribution < 1.29 is 23.1 Å². The summed E-state index contributed by atoms with van der Waals surface area (Å²) >= 11 is 2.16. The SMILES string of the molecule is CCCCN(CC)CCNC(=O)Cc1ccc2c(c1)C(N(CC(CC)CC)S(=O)(=O)c1ccc(I)cc1)C(O)C(C)(C)O2. The molecule has 2 aromatic carbocycles. The van der Waals surface area contributed by atoms with Crippen molar-refractivity contribution >= 4 is 38.5 Å². The summed E-state index contributed by atoms with van der Waals surface area (Å²) < 4.78 is 37.2. The third-order valence-corrected chi connectivity index (χ3v) is 11.1. The molecule has 1 heterocycles. The molecule has 0 aliphatic carbocycles. The highest BCUT2D eigenvalue weighted by Gasteiger charge is 2.49. The van der Waals surface area contributed by atoms with Gasteiger partial charge in [-0.3, -0.25) is 4.79 Å². The van der Waals surface area contributed by atoms with E-state index in [1.54, 1.807) is 44.2 Å². The molecule has 3 rings (SSSR count). The number of aliphatic hydroxyl groups excluding tert-OH is 1. The van der Waals surface area contributed by atoms with Crippen LogP contribution in [0.4, 0.5) is 0 Å². The molecular weight excluding hydrogens is 677 g/mol. The van der Waals surface area contributed by atoms with Crippen LogP contribution in [0.2, 0.25) is 0 Å². The number of carbonyl (C=O) groups excluding carboxylic acids is 1. The predicted molar refractivity (Wildman–Crippen MR) is 181 cm³/mol. The van der Waals surface area contributed by atoms with Crippen LogP contribution in [0.5, 0.6) is 5.75 Å². The van der Waals surface area contributed by atoms with Gasteiger partial charge in [0.25, 0.3) is 0 Å². The molecule has 240 valence electrons. The first-order valence-electron chi connectivity index (χ1n) is 15.6. The molecule has 1 amide bonds. The Labute approximate surface area is 272 Å². The fourth-order valence-electron chi connectivity index (χ4n) is 5.55. The Morgan fingerprint density at radius 3 is 2.35 bits per heavy atom. The van der Waals surface area contributed by atoms with Crippen molar-refractivity contribution in [2.24, 2.45) is 5.92 Å². The summed E-state index contributed by atoms with van der Waals surface area (Å²) in [5.41, 5.74) is 0.283. The van der Waals surface area contributed by atoms with Gasteiger partial charge in [0.2, 0.25) is 15.9 Å². The van der Waals surface area contributed by atoms with Crippen LogP contribution in [-0.2, 0) is 21.2 Å². The van der Waals surface area contributed by atoms with Gasteiger partial charge in [-0.15, -0.1) is 0 Å². The fourth-order valence-corrected chi connectivity index (χ4v) is 7.60. The van der Waals surface area contributed by atoms with E-state index in [0.717, 1.165) is 54.5 Å². The van der Waals surface area contributed by atoms with Crippen LogP contribution in [0, 0.1) is 9.49 Å². The zero-order valence-electron chi connectivity index (χ0n) is 26.6. The number of fused-ring (bicyclic) bond motifs is 1. The third kappa shape index (κ3) is 9.15. The Kier molecular flexibility index (Phi) is 13.3. The molecule has 1 aliphatic rings. The molecule has 0 saturated heterocycles. The van der Waals surface area contributed by atoms with Crippen LogP contribution in [0.1, 0.15) is 84.4 Å². The van der Waals surface area contributed by atoms with Gasteiger partial charge in [-0.05, 0) is 104 Å². The zero-order chi connectivity index (χ0) is 31.8. The van der Waals surface area contributed by atoms with Gasteiger partial charge in [-0.2, -0.15) is 4.31 Å². The average Bonchev–Trinajstić information content (AvgIpc) is 2.97. The minimum absolute atomic E-state index is 0.0963. The number of nitrogens with one attached hydrogen (secondary N) is 1. The fraction of sp³-hybridized carbons (Fsp3) is 0.606. The van der Waals surface area contributed by atoms with Crippen LogP contribution in [-0.4, -0.2) is 73.1 Å². The van der Waals surface area contributed by atoms with Gasteiger partial charge in [0, 0.05) is 28.8 Å². The number of halogens is 1. The van der Waals surface area contributed by atoms with Crippen molar-refractivity contribution in [3.05, 3.63) is 57.2 Å². The number of nitrogens with zero attached hydrogens (tertiary/aromatic N) is 2. The number of rotatable bonds is 16. The normalized spacial score (nSPS) is 18.1. The average molecular weight is 728 g/mol. The van der Waals surface area contributed by atoms with E-state index in [-0.39, 0.29) is 29.7 Å². The van der Waals surface area contributed by atoms with Crippen molar-refractivity contribution in [1.29, 1.82) is 0 Å². The van der Waals surface area contributed by atoms with Gasteiger partial charge in [-0.25, -0.2) is 8.42 Å². The first-order chi connectivity index (χ1) is 20.4. The molecule has 8 nitrogen and oxygen atoms in total. The smallest absolute Gasteiger partial charge is 0.243 e. The lowest BCUT2D eigenvalue weighted by atomic mass is 9.85. The van der Waals surface area contributed by atoms with E-state index in [0.29, 0.717) is 17.9 Å². The molecule has 0 spiro atoms. The van der Waals surface area contributed by atoms with Crippen molar-refractivity contribution in [2.75, 3.05) is 32.7 Å². The number of ether oxygens (including phenoxy) is 1. The Morgan fingerprint density at radius 2 is 1.74 bits per heavy atom. The Balaban J connectivity index is 1.96. The van der Waals surface area contributed by atoms with Crippen molar-refractivity contribution in [3.8, 4) is 5.75 Å². The standard InChI is InChI=1S/C33H50IN3O5S/c1-7-11-19-36(10-4)20-18-35-30(38)22-25-12-17-29-28(21-25)31(32(39)33(5,6)42-29)37(23-24(8-2)9-3)43(40,41)27-15-13-26(34)14-16-27/h12-17,21,24,31-32,39H,7-11,18-20,22-23H2,1-6H3,(H,35,38). The number of hydrogen-bond acceptors (Lipinski definition) is 6. The van der Waals surface area contributed by atoms with Gasteiger partial charge in [0.1, 0.15) is 17.5 Å². The maximum absolute atomic E-state index is 14.3. The lowest BCUT2D eigenvalue weighted by Gasteiger charge is -2.46. The molecule has 1 aliphatic heterocycles. The van der Waals surface area contributed by atoms with Crippen molar-refractivity contribution in [1.82, 2.24) is 14.5 Å². The Bertz CT molecular complexity index is 1300. The van der Waals surface area contributed by atoms with E-state index in [2.05, 4.69) is 60.5 Å². The molecule has 0 aromatic heterocycles. The maximum atomic E-state index is 14.3. The summed E-state index contributed by atoms with van der Waals surface area (Å²) in [6, 6.07) is 11.4. The van der Waals surface area contributed by atoms with E-state index in [1.165, 1.54) is 4.31 Å². The lowest BCUT2D eigenvalue weighted by Crippen LogP contribution is -2.55. The molecule has 2 atom stereocenters. The topological polar surface area (TPSA) is 99.2 Å². The van der Waals surface area contributed by atoms with Crippen LogP contribution < -0.4 is 10.1 Å². The third-order valence-electron chi connectivity index (χ3n) is 8.49. The van der Waals surface area contributed by atoms with Crippen LogP contribution in [0.15, 0.2) is 47.4 Å². The van der Waals surface area contributed by atoms with Gasteiger partial charge >= 0.3 is 0 Å². The lowest BCUT2D eigenvalue weighted by molar-refractivity contribution is -0.120. The quantitative estimate of drug-likeness (QED) is 0.213. The zero-order valence-corrected chi connectivity index (χ0v) is 29.6. The summed E-state index contributed by atoms with van der Waals surface area (Å²) in [7, 11) is -3.99. The molecule has 0 radical (unpaired) electrons. The molecule has 0 fully saturated rings. The summed E-state index contributed by atoms with van der Waals surface area (Å²) in [5, 5.41) is 14.8. The van der Waals surface area contributed by atoms with E-state index in [4.69, 9.17) is 4.74 Å². The second kappa shape index (κ2) is 16.0. The minimum atomic E-state index is -3.99. The van der Waals surface area contributed by atoms with E-state index < -0.39 is 27.8 Å². The highest BCUT2D eigenvalue weighted by atomic mass is 127. The molecule has 43 heavy (non-hydrogen) atoms. The molecule has 0 bridgehead atoms. The number of likely N-dealkylation sites (N-methyl/N-ethyl adjacent to an activating group) is 1. The predicted octanol–water partition coefficient (Wildman–Crippen LogP) is 5.77. The van der Waals surface area contributed by atoms with E-state index in [9.17, 15) is 18.3 Å². The highest BCUT2D eigenvalue weighted by molar-refractivity contribution is 14.1. The second-order valence-electron chi connectivity index (χ2n) is 12.0. The molecule has 2 unspecified atom stereocenters. The number of hydrogen-bond donors (Lipinski definition) is 2. The van der Waals surface area contributed by atoms with Crippen LogP contribution >= 0.6 is 22.6 Å². The van der Waals surface area contributed by atoms with Crippen LogP contribution in [0.3, 0.4) is 0 Å². The molecular formula is C33H50IN3O5S. The maximum Gasteiger partial charge on any atom is 0.243 e. The summed E-state index contributed by atoms with van der Waals surface area (Å²) in [5.74, 6) is 0.529.